The third kappa shape index (κ3) is 3.87. The van der Waals surface area contributed by atoms with Gasteiger partial charge in [-0.2, -0.15) is 0 Å². The van der Waals surface area contributed by atoms with Crippen LogP contribution in [-0.4, -0.2) is 20.9 Å². The average molecular weight is 358 g/mol. The number of carbonyl (C=O) groups is 1. The normalized spacial score (nSPS) is 18.1. The van der Waals surface area contributed by atoms with Crippen LogP contribution in [0.3, 0.4) is 0 Å². The molecule has 0 unspecified atom stereocenters. The van der Waals surface area contributed by atoms with Crippen LogP contribution in [0.2, 0.25) is 0 Å². The maximum Gasteiger partial charge on any atom is 0.223 e. The second-order valence-electron chi connectivity index (χ2n) is 7.13. The molecule has 1 saturated carbocycles. The number of amides is 1. The molecule has 0 radical (unpaired) electrons. The first-order chi connectivity index (χ1) is 13.1. The van der Waals surface area contributed by atoms with Gasteiger partial charge in [-0.15, -0.1) is 0 Å². The van der Waals surface area contributed by atoms with Crippen molar-refractivity contribution in [3.8, 4) is 22.5 Å². The van der Waals surface area contributed by atoms with Crippen LogP contribution in [0.5, 0.6) is 0 Å². The van der Waals surface area contributed by atoms with E-state index < -0.39 is 0 Å². The van der Waals surface area contributed by atoms with E-state index in [4.69, 9.17) is 0 Å². The van der Waals surface area contributed by atoms with Crippen LogP contribution in [0, 0.1) is 18.8 Å². The SMILES string of the molecule is Cc1ncc(-c2ccccn2)c(-c2ccc(CNC(=O)[C@@H]3C[C@@H]3C)cc2)n1. The molecule has 2 atom stereocenters. The van der Waals surface area contributed by atoms with E-state index in [1.54, 1.807) is 6.20 Å². The summed E-state index contributed by atoms with van der Waals surface area (Å²) in [7, 11) is 0. The fraction of sp³-hybridized carbons (Fsp3) is 0.273. The molecule has 5 nitrogen and oxygen atoms in total. The minimum absolute atomic E-state index is 0.162. The first-order valence-electron chi connectivity index (χ1n) is 9.24. The van der Waals surface area contributed by atoms with Crippen LogP contribution in [0.1, 0.15) is 24.7 Å². The lowest BCUT2D eigenvalue weighted by atomic mass is 10.0. The number of nitrogens with zero attached hydrogens (tertiary/aromatic N) is 3. The van der Waals surface area contributed by atoms with E-state index in [2.05, 4.69) is 27.2 Å². The minimum Gasteiger partial charge on any atom is -0.352 e. The molecule has 1 amide bonds. The third-order valence-corrected chi connectivity index (χ3v) is 4.99. The molecule has 1 aromatic carbocycles. The van der Waals surface area contributed by atoms with Crippen LogP contribution in [0.15, 0.2) is 54.9 Å². The average Bonchev–Trinajstić information content (AvgIpc) is 3.44. The van der Waals surface area contributed by atoms with E-state index in [9.17, 15) is 4.79 Å². The highest BCUT2D eigenvalue weighted by Crippen LogP contribution is 2.37. The summed E-state index contributed by atoms with van der Waals surface area (Å²) < 4.78 is 0. The van der Waals surface area contributed by atoms with Crippen LogP contribution in [0.4, 0.5) is 0 Å². The fourth-order valence-electron chi connectivity index (χ4n) is 3.19. The van der Waals surface area contributed by atoms with Gasteiger partial charge < -0.3 is 5.32 Å². The van der Waals surface area contributed by atoms with Crippen molar-refractivity contribution < 1.29 is 4.79 Å². The summed E-state index contributed by atoms with van der Waals surface area (Å²) in [5.41, 5.74) is 4.70. The van der Waals surface area contributed by atoms with Crippen molar-refractivity contribution in [2.45, 2.75) is 26.8 Å². The Balaban J connectivity index is 1.55. The minimum atomic E-state index is 0.162. The predicted octanol–water partition coefficient (Wildman–Crippen LogP) is 3.79. The lowest BCUT2D eigenvalue weighted by Gasteiger charge is -2.10. The van der Waals surface area contributed by atoms with E-state index in [-0.39, 0.29) is 11.8 Å². The molecule has 0 spiro atoms. The van der Waals surface area contributed by atoms with Gasteiger partial charge in [-0.25, -0.2) is 9.97 Å². The number of pyridine rings is 1. The summed E-state index contributed by atoms with van der Waals surface area (Å²) in [5, 5.41) is 3.02. The zero-order valence-electron chi connectivity index (χ0n) is 15.5. The molecule has 3 aromatic rings. The molecular weight excluding hydrogens is 336 g/mol. The zero-order valence-corrected chi connectivity index (χ0v) is 15.5. The van der Waals surface area contributed by atoms with Gasteiger partial charge in [-0.05, 0) is 37.0 Å². The van der Waals surface area contributed by atoms with Crippen molar-refractivity contribution in [3.63, 3.8) is 0 Å². The molecule has 27 heavy (non-hydrogen) atoms. The molecule has 0 aliphatic heterocycles. The number of benzene rings is 1. The van der Waals surface area contributed by atoms with E-state index >= 15 is 0 Å². The Morgan fingerprint density at radius 2 is 1.93 bits per heavy atom. The quantitative estimate of drug-likeness (QED) is 0.753. The molecular formula is C22H22N4O. The smallest absolute Gasteiger partial charge is 0.223 e. The van der Waals surface area contributed by atoms with E-state index in [0.717, 1.165) is 40.3 Å². The van der Waals surface area contributed by atoms with Crippen LogP contribution >= 0.6 is 0 Å². The second kappa shape index (κ2) is 7.27. The van der Waals surface area contributed by atoms with Gasteiger partial charge in [0.15, 0.2) is 0 Å². The van der Waals surface area contributed by atoms with Gasteiger partial charge in [-0.3, -0.25) is 9.78 Å². The van der Waals surface area contributed by atoms with E-state index in [0.29, 0.717) is 12.5 Å². The Bertz CT molecular complexity index is 954. The number of nitrogens with one attached hydrogen (secondary N) is 1. The summed E-state index contributed by atoms with van der Waals surface area (Å²) in [6.07, 6.45) is 4.60. The highest BCUT2D eigenvalue weighted by atomic mass is 16.2. The molecule has 0 saturated heterocycles. The summed E-state index contributed by atoms with van der Waals surface area (Å²) in [6, 6.07) is 13.9. The second-order valence-corrected chi connectivity index (χ2v) is 7.13. The third-order valence-electron chi connectivity index (χ3n) is 4.99. The monoisotopic (exact) mass is 358 g/mol. The van der Waals surface area contributed by atoms with Gasteiger partial charge >= 0.3 is 0 Å². The number of hydrogen-bond acceptors (Lipinski definition) is 4. The van der Waals surface area contributed by atoms with Gasteiger partial charge in [0, 0.05) is 36.0 Å². The number of carbonyl (C=O) groups excluding carboxylic acids is 1. The first kappa shape index (κ1) is 17.3. The van der Waals surface area contributed by atoms with Crippen molar-refractivity contribution in [2.75, 3.05) is 0 Å². The van der Waals surface area contributed by atoms with Gasteiger partial charge in [0.05, 0.1) is 11.4 Å². The lowest BCUT2D eigenvalue weighted by molar-refractivity contribution is -0.122. The highest BCUT2D eigenvalue weighted by Gasteiger charge is 2.38. The molecule has 5 heteroatoms. The molecule has 136 valence electrons. The molecule has 2 heterocycles. The molecule has 1 fully saturated rings. The zero-order chi connectivity index (χ0) is 18.8. The predicted molar refractivity (Wildman–Crippen MR) is 105 cm³/mol. The van der Waals surface area contributed by atoms with Crippen molar-refractivity contribution in [1.29, 1.82) is 0 Å². The largest absolute Gasteiger partial charge is 0.352 e. The fourth-order valence-corrected chi connectivity index (χ4v) is 3.19. The highest BCUT2D eigenvalue weighted by molar-refractivity contribution is 5.81. The van der Waals surface area contributed by atoms with E-state index in [1.165, 1.54) is 0 Å². The molecule has 2 aromatic heterocycles. The molecule has 4 rings (SSSR count). The Morgan fingerprint density at radius 1 is 1.15 bits per heavy atom. The number of aromatic nitrogens is 3. The van der Waals surface area contributed by atoms with Gasteiger partial charge in [-0.1, -0.05) is 37.3 Å². The summed E-state index contributed by atoms with van der Waals surface area (Å²) in [4.78, 5) is 25.4. The van der Waals surface area contributed by atoms with Gasteiger partial charge in [0.2, 0.25) is 5.91 Å². The van der Waals surface area contributed by atoms with Crippen molar-refractivity contribution in [1.82, 2.24) is 20.3 Å². The lowest BCUT2D eigenvalue weighted by Crippen LogP contribution is -2.24. The van der Waals surface area contributed by atoms with Crippen LogP contribution in [-0.2, 0) is 11.3 Å². The number of hydrogen-bond donors (Lipinski definition) is 1. The van der Waals surface area contributed by atoms with Crippen LogP contribution < -0.4 is 5.32 Å². The molecule has 1 aliphatic carbocycles. The Kier molecular flexibility index (Phi) is 4.67. The first-order valence-corrected chi connectivity index (χ1v) is 9.24. The summed E-state index contributed by atoms with van der Waals surface area (Å²) in [6.45, 7) is 4.55. The van der Waals surface area contributed by atoms with Crippen molar-refractivity contribution in [3.05, 3.63) is 66.2 Å². The van der Waals surface area contributed by atoms with Gasteiger partial charge in [0.1, 0.15) is 5.82 Å². The van der Waals surface area contributed by atoms with Crippen LogP contribution in [0.25, 0.3) is 22.5 Å². The Hall–Kier alpha value is -3.08. The standard InChI is InChI=1S/C22H22N4O/c1-14-11-18(14)22(27)25-12-16-6-8-17(9-7-16)21-19(13-24-15(2)26-21)20-5-3-4-10-23-20/h3-10,13-14,18H,11-12H2,1-2H3,(H,25,27)/t14-,18+/m0/s1. The summed E-state index contributed by atoms with van der Waals surface area (Å²) in [5.74, 6) is 1.61. The maximum absolute atomic E-state index is 12.0. The van der Waals surface area contributed by atoms with E-state index in [1.807, 2.05) is 55.6 Å². The van der Waals surface area contributed by atoms with Gasteiger partial charge in [0.25, 0.3) is 0 Å². The molecule has 1 aliphatic rings. The Labute approximate surface area is 158 Å². The summed E-state index contributed by atoms with van der Waals surface area (Å²) >= 11 is 0. The maximum atomic E-state index is 12.0. The van der Waals surface area contributed by atoms with Crippen molar-refractivity contribution >= 4 is 5.91 Å². The van der Waals surface area contributed by atoms with Crippen molar-refractivity contribution in [2.24, 2.45) is 11.8 Å². The Morgan fingerprint density at radius 3 is 2.59 bits per heavy atom. The molecule has 1 N–H and O–H groups in total. The number of rotatable bonds is 5. The molecule has 0 bridgehead atoms. The number of aryl methyl sites for hydroxylation is 1. The topological polar surface area (TPSA) is 67.8 Å².